The molecule has 4 heteroatoms. The van der Waals surface area contributed by atoms with Gasteiger partial charge >= 0.3 is 0 Å². The maximum Gasteiger partial charge on any atom is 0.0818 e. The summed E-state index contributed by atoms with van der Waals surface area (Å²) in [5, 5.41) is 8.25. The predicted molar refractivity (Wildman–Crippen MR) is 64.4 cm³/mol. The molecule has 86 valence electrons. The number of rotatable bonds is 5. The molecule has 1 rings (SSSR count). The van der Waals surface area contributed by atoms with E-state index < -0.39 is 0 Å². The van der Waals surface area contributed by atoms with Crippen molar-refractivity contribution in [3.05, 3.63) is 16.9 Å². The van der Waals surface area contributed by atoms with Crippen LogP contribution in [0.25, 0.3) is 0 Å². The van der Waals surface area contributed by atoms with Gasteiger partial charge in [-0.05, 0) is 39.8 Å². The lowest BCUT2D eigenvalue weighted by molar-refractivity contribution is 0.469. The zero-order valence-electron chi connectivity index (χ0n) is 9.92. The van der Waals surface area contributed by atoms with Crippen LogP contribution in [0.5, 0.6) is 0 Å². The van der Waals surface area contributed by atoms with Gasteiger partial charge in [-0.1, -0.05) is 18.5 Å². The Morgan fingerprint density at radius 3 is 2.67 bits per heavy atom. The lowest BCUT2D eigenvalue weighted by Gasteiger charge is -2.15. The van der Waals surface area contributed by atoms with Gasteiger partial charge < -0.3 is 5.32 Å². The van der Waals surface area contributed by atoms with Gasteiger partial charge in [0.25, 0.3) is 0 Å². The van der Waals surface area contributed by atoms with Crippen LogP contribution in [-0.4, -0.2) is 23.4 Å². The molecule has 1 heterocycles. The van der Waals surface area contributed by atoms with Crippen LogP contribution in [0.1, 0.15) is 32.5 Å². The number of halogens is 1. The fourth-order valence-corrected chi connectivity index (χ4v) is 1.96. The summed E-state index contributed by atoms with van der Waals surface area (Å²) in [6.45, 7) is 7.45. The van der Waals surface area contributed by atoms with Crippen molar-refractivity contribution >= 4 is 11.6 Å². The Kier molecular flexibility index (Phi) is 4.61. The summed E-state index contributed by atoms with van der Waals surface area (Å²) in [7, 11) is 1.97. The minimum atomic E-state index is 0.370. The maximum atomic E-state index is 6.13. The van der Waals surface area contributed by atoms with Crippen LogP contribution in [0.2, 0.25) is 5.02 Å². The molecule has 1 atom stereocenters. The topological polar surface area (TPSA) is 29.9 Å². The van der Waals surface area contributed by atoms with Crippen LogP contribution in [0, 0.1) is 5.92 Å². The number of hydrogen-bond acceptors (Lipinski definition) is 2. The van der Waals surface area contributed by atoms with E-state index in [4.69, 9.17) is 11.6 Å². The van der Waals surface area contributed by atoms with Crippen LogP contribution >= 0.6 is 11.6 Å². The van der Waals surface area contributed by atoms with Gasteiger partial charge in [0.15, 0.2) is 0 Å². The largest absolute Gasteiger partial charge is 0.319 e. The second kappa shape index (κ2) is 5.52. The van der Waals surface area contributed by atoms with E-state index in [1.54, 1.807) is 6.20 Å². The van der Waals surface area contributed by atoms with Crippen LogP contribution < -0.4 is 5.32 Å². The van der Waals surface area contributed by atoms with Gasteiger partial charge in [0.2, 0.25) is 0 Å². The van der Waals surface area contributed by atoms with E-state index in [9.17, 15) is 0 Å². The van der Waals surface area contributed by atoms with E-state index in [-0.39, 0.29) is 0 Å². The van der Waals surface area contributed by atoms with Crippen molar-refractivity contribution in [1.82, 2.24) is 15.1 Å². The van der Waals surface area contributed by atoms with Gasteiger partial charge in [-0.15, -0.1) is 0 Å². The lowest BCUT2D eigenvalue weighted by atomic mass is 10.1. The molecule has 1 unspecified atom stereocenters. The van der Waals surface area contributed by atoms with Gasteiger partial charge in [0.05, 0.1) is 16.9 Å². The molecule has 0 radical (unpaired) electrons. The Morgan fingerprint density at radius 1 is 1.47 bits per heavy atom. The molecular weight excluding hydrogens is 210 g/mol. The molecule has 0 aliphatic carbocycles. The Balaban J connectivity index is 2.78. The van der Waals surface area contributed by atoms with Crippen molar-refractivity contribution in [2.24, 2.45) is 5.92 Å². The molecule has 0 fully saturated rings. The summed E-state index contributed by atoms with van der Waals surface area (Å²) in [5.74, 6) is 0.571. The highest BCUT2D eigenvalue weighted by Crippen LogP contribution is 2.21. The van der Waals surface area contributed by atoms with Crippen LogP contribution in [-0.2, 0) is 6.42 Å². The van der Waals surface area contributed by atoms with Crippen molar-refractivity contribution in [2.75, 3.05) is 13.6 Å². The standard InChI is InChI=1S/C11H20ClN3/c1-8(2)15-11(10(12)7-14-15)5-9(3)6-13-4/h7-9,13H,5-6H2,1-4H3. The zero-order chi connectivity index (χ0) is 11.4. The third-order valence-electron chi connectivity index (χ3n) is 2.43. The summed E-state index contributed by atoms with van der Waals surface area (Å²) >= 11 is 6.13. The number of hydrogen-bond donors (Lipinski definition) is 1. The fourth-order valence-electron chi connectivity index (χ4n) is 1.75. The van der Waals surface area contributed by atoms with Gasteiger partial charge in [0, 0.05) is 6.04 Å². The highest BCUT2D eigenvalue weighted by atomic mass is 35.5. The first-order valence-electron chi connectivity index (χ1n) is 5.42. The van der Waals surface area contributed by atoms with E-state index in [2.05, 4.69) is 31.2 Å². The van der Waals surface area contributed by atoms with Crippen molar-refractivity contribution in [3.8, 4) is 0 Å². The lowest BCUT2D eigenvalue weighted by Crippen LogP contribution is -2.20. The van der Waals surface area contributed by atoms with Gasteiger partial charge in [0.1, 0.15) is 0 Å². The summed E-state index contributed by atoms with van der Waals surface area (Å²) in [4.78, 5) is 0. The Morgan fingerprint density at radius 2 is 2.13 bits per heavy atom. The van der Waals surface area contributed by atoms with Crippen LogP contribution in [0.4, 0.5) is 0 Å². The molecule has 0 spiro atoms. The zero-order valence-corrected chi connectivity index (χ0v) is 10.7. The molecule has 0 aromatic carbocycles. The van der Waals surface area contributed by atoms with E-state index in [1.807, 2.05) is 11.7 Å². The third kappa shape index (κ3) is 3.21. The highest BCUT2D eigenvalue weighted by molar-refractivity contribution is 6.31. The van der Waals surface area contributed by atoms with Crippen molar-refractivity contribution in [2.45, 2.75) is 33.2 Å². The van der Waals surface area contributed by atoms with Gasteiger partial charge in [-0.3, -0.25) is 4.68 Å². The summed E-state index contributed by atoms with van der Waals surface area (Å²) in [6.07, 6.45) is 2.71. The highest BCUT2D eigenvalue weighted by Gasteiger charge is 2.14. The number of aromatic nitrogens is 2. The summed E-state index contributed by atoms with van der Waals surface area (Å²) < 4.78 is 2.01. The fraction of sp³-hybridized carbons (Fsp3) is 0.727. The second-order valence-electron chi connectivity index (χ2n) is 4.34. The number of nitrogens with zero attached hydrogens (tertiary/aromatic N) is 2. The summed E-state index contributed by atoms with van der Waals surface area (Å²) in [5.41, 5.74) is 1.15. The monoisotopic (exact) mass is 229 g/mol. The second-order valence-corrected chi connectivity index (χ2v) is 4.75. The maximum absolute atomic E-state index is 6.13. The molecular formula is C11H20ClN3. The first-order chi connectivity index (χ1) is 7.06. The van der Waals surface area contributed by atoms with Gasteiger partial charge in [-0.2, -0.15) is 5.10 Å². The van der Waals surface area contributed by atoms with E-state index in [0.29, 0.717) is 12.0 Å². The van der Waals surface area contributed by atoms with Crippen molar-refractivity contribution in [1.29, 1.82) is 0 Å². The molecule has 0 saturated carbocycles. The Bertz CT molecular complexity index is 307. The first kappa shape index (κ1) is 12.5. The molecule has 0 amide bonds. The van der Waals surface area contributed by atoms with E-state index in [1.165, 1.54) is 0 Å². The Hall–Kier alpha value is -0.540. The van der Waals surface area contributed by atoms with Gasteiger partial charge in [-0.25, -0.2) is 0 Å². The average Bonchev–Trinajstić information content (AvgIpc) is 2.48. The Labute approximate surface area is 96.8 Å². The molecule has 0 bridgehead atoms. The third-order valence-corrected chi connectivity index (χ3v) is 2.75. The van der Waals surface area contributed by atoms with E-state index in [0.717, 1.165) is 23.7 Å². The molecule has 3 nitrogen and oxygen atoms in total. The number of nitrogens with one attached hydrogen (secondary N) is 1. The SMILES string of the molecule is CNCC(C)Cc1c(Cl)cnn1C(C)C. The molecule has 0 aliphatic rings. The molecule has 0 aliphatic heterocycles. The molecule has 1 aromatic rings. The molecule has 0 saturated heterocycles. The van der Waals surface area contributed by atoms with E-state index >= 15 is 0 Å². The van der Waals surface area contributed by atoms with Crippen molar-refractivity contribution in [3.63, 3.8) is 0 Å². The van der Waals surface area contributed by atoms with Crippen LogP contribution in [0.3, 0.4) is 0 Å². The van der Waals surface area contributed by atoms with Crippen LogP contribution in [0.15, 0.2) is 6.20 Å². The minimum Gasteiger partial charge on any atom is -0.319 e. The summed E-state index contributed by atoms with van der Waals surface area (Å²) in [6, 6.07) is 0.370. The minimum absolute atomic E-state index is 0.370. The smallest absolute Gasteiger partial charge is 0.0818 e. The predicted octanol–water partition coefficient (Wildman–Crippen LogP) is 2.52. The first-order valence-corrected chi connectivity index (χ1v) is 5.80. The molecule has 1 N–H and O–H groups in total. The molecule has 15 heavy (non-hydrogen) atoms. The normalized spacial score (nSPS) is 13.5. The van der Waals surface area contributed by atoms with Crippen molar-refractivity contribution < 1.29 is 0 Å². The average molecular weight is 230 g/mol. The quantitative estimate of drug-likeness (QED) is 0.841. The molecule has 1 aromatic heterocycles.